The van der Waals surface area contributed by atoms with E-state index in [1.54, 1.807) is 38.1 Å². The molecule has 2 aromatic carbocycles. The Balaban J connectivity index is 2.45. The molecule has 2 aromatic rings. The number of amides is 2. The van der Waals surface area contributed by atoms with Gasteiger partial charge in [0.05, 0.1) is 22.0 Å². The quantitative estimate of drug-likeness (QED) is 0.542. The SMILES string of the molecule is CCNC(=O)[C@H](C)N(Cc1ccccc1Cl)C(=O)CN(c1cccc(Cl)c1Cl)S(C)(=O)=O. The van der Waals surface area contributed by atoms with Crippen LogP contribution in [0.15, 0.2) is 42.5 Å². The van der Waals surface area contributed by atoms with Crippen molar-refractivity contribution >= 4 is 62.3 Å². The lowest BCUT2D eigenvalue weighted by atomic mass is 10.1. The smallest absolute Gasteiger partial charge is 0.244 e. The highest BCUT2D eigenvalue weighted by molar-refractivity contribution is 7.92. The summed E-state index contributed by atoms with van der Waals surface area (Å²) < 4.78 is 25.9. The van der Waals surface area contributed by atoms with Crippen molar-refractivity contribution in [2.45, 2.75) is 26.4 Å². The van der Waals surface area contributed by atoms with Gasteiger partial charge in [-0.05, 0) is 37.6 Å². The zero-order valence-corrected chi connectivity index (χ0v) is 20.9. The van der Waals surface area contributed by atoms with Crippen LogP contribution in [0, 0.1) is 0 Å². The Morgan fingerprint density at radius 2 is 1.66 bits per heavy atom. The molecule has 7 nitrogen and oxygen atoms in total. The second kappa shape index (κ2) is 11.2. The molecule has 1 N–H and O–H groups in total. The van der Waals surface area contributed by atoms with Gasteiger partial charge in [-0.25, -0.2) is 8.42 Å². The average Bonchev–Trinajstić information content (AvgIpc) is 2.72. The van der Waals surface area contributed by atoms with E-state index in [0.717, 1.165) is 10.6 Å². The standard InChI is InChI=1S/C21H24Cl3N3O4S/c1-4-25-21(29)14(2)26(12-15-8-5-6-9-16(15)22)19(28)13-27(32(3,30)31)18-11-7-10-17(23)20(18)24/h5-11,14H,4,12-13H2,1-3H3,(H,25,29)/t14-/m0/s1. The van der Waals surface area contributed by atoms with Crippen LogP contribution in [-0.2, 0) is 26.2 Å². The Morgan fingerprint density at radius 3 is 2.25 bits per heavy atom. The summed E-state index contributed by atoms with van der Waals surface area (Å²) in [6.07, 6.45) is 0.961. The summed E-state index contributed by atoms with van der Waals surface area (Å²) in [5, 5.41) is 3.25. The molecule has 2 amide bonds. The summed E-state index contributed by atoms with van der Waals surface area (Å²) in [6, 6.07) is 10.5. The molecular weight excluding hydrogens is 497 g/mol. The number of rotatable bonds is 9. The molecule has 32 heavy (non-hydrogen) atoms. The van der Waals surface area contributed by atoms with E-state index in [-0.39, 0.29) is 28.2 Å². The van der Waals surface area contributed by atoms with E-state index in [1.165, 1.54) is 23.1 Å². The molecule has 1 atom stereocenters. The number of anilines is 1. The fourth-order valence-electron chi connectivity index (χ4n) is 2.99. The molecule has 11 heteroatoms. The van der Waals surface area contributed by atoms with Crippen molar-refractivity contribution in [1.29, 1.82) is 0 Å². The van der Waals surface area contributed by atoms with Gasteiger partial charge in [0, 0.05) is 18.1 Å². The van der Waals surface area contributed by atoms with Crippen LogP contribution in [0.5, 0.6) is 0 Å². The number of sulfonamides is 1. The zero-order chi connectivity index (χ0) is 24.1. The fraction of sp³-hybridized carbons (Fsp3) is 0.333. The number of hydrogen-bond donors (Lipinski definition) is 1. The number of nitrogens with zero attached hydrogens (tertiary/aromatic N) is 2. The summed E-state index contributed by atoms with van der Waals surface area (Å²) in [5.41, 5.74) is 0.684. The van der Waals surface area contributed by atoms with E-state index in [2.05, 4.69) is 5.32 Å². The van der Waals surface area contributed by atoms with Gasteiger partial charge in [0.2, 0.25) is 21.8 Å². The van der Waals surface area contributed by atoms with E-state index in [1.807, 2.05) is 0 Å². The lowest BCUT2D eigenvalue weighted by Gasteiger charge is -2.31. The maximum absolute atomic E-state index is 13.4. The van der Waals surface area contributed by atoms with Crippen LogP contribution in [0.1, 0.15) is 19.4 Å². The molecule has 0 bridgehead atoms. The molecule has 0 saturated heterocycles. The summed E-state index contributed by atoms with van der Waals surface area (Å²) >= 11 is 18.5. The summed E-state index contributed by atoms with van der Waals surface area (Å²) in [7, 11) is -3.91. The van der Waals surface area contributed by atoms with E-state index in [4.69, 9.17) is 34.8 Å². The lowest BCUT2D eigenvalue weighted by Crippen LogP contribution is -2.51. The lowest BCUT2D eigenvalue weighted by molar-refractivity contribution is -0.139. The van der Waals surface area contributed by atoms with Crippen molar-refractivity contribution < 1.29 is 18.0 Å². The molecule has 0 radical (unpaired) electrons. The Bertz CT molecular complexity index is 1100. The predicted octanol–water partition coefficient (Wildman–Crippen LogP) is 3.97. The van der Waals surface area contributed by atoms with Gasteiger partial charge in [-0.15, -0.1) is 0 Å². The molecule has 0 heterocycles. The highest BCUT2D eigenvalue weighted by atomic mass is 35.5. The van der Waals surface area contributed by atoms with Gasteiger partial charge in [0.1, 0.15) is 12.6 Å². The first-order valence-corrected chi connectivity index (χ1v) is 12.7. The molecule has 0 saturated carbocycles. The van der Waals surface area contributed by atoms with Crippen molar-refractivity contribution in [2.24, 2.45) is 0 Å². The monoisotopic (exact) mass is 519 g/mol. The molecule has 0 unspecified atom stereocenters. The largest absolute Gasteiger partial charge is 0.355 e. The molecule has 0 aliphatic carbocycles. The molecule has 174 valence electrons. The minimum atomic E-state index is -3.91. The first kappa shape index (κ1) is 26.3. The number of hydrogen-bond acceptors (Lipinski definition) is 4. The van der Waals surface area contributed by atoms with Gasteiger partial charge >= 0.3 is 0 Å². The topological polar surface area (TPSA) is 86.8 Å². The Labute approximate surface area is 203 Å². The third kappa shape index (κ3) is 6.51. The van der Waals surface area contributed by atoms with Gasteiger partial charge in [0.15, 0.2) is 0 Å². The normalized spacial score (nSPS) is 12.2. The van der Waals surface area contributed by atoms with E-state index in [9.17, 15) is 18.0 Å². The summed E-state index contributed by atoms with van der Waals surface area (Å²) in [4.78, 5) is 27.1. The number of benzene rings is 2. The van der Waals surface area contributed by atoms with Crippen molar-refractivity contribution in [2.75, 3.05) is 23.7 Å². The second-order valence-electron chi connectivity index (χ2n) is 7.03. The van der Waals surface area contributed by atoms with Crippen LogP contribution in [0.4, 0.5) is 5.69 Å². The van der Waals surface area contributed by atoms with E-state index in [0.29, 0.717) is 17.1 Å². The van der Waals surface area contributed by atoms with Crippen LogP contribution in [-0.4, -0.2) is 50.5 Å². The maximum Gasteiger partial charge on any atom is 0.244 e. The van der Waals surface area contributed by atoms with Crippen LogP contribution in [0.2, 0.25) is 15.1 Å². The van der Waals surface area contributed by atoms with Crippen LogP contribution in [0.3, 0.4) is 0 Å². The number of halogens is 3. The average molecular weight is 521 g/mol. The van der Waals surface area contributed by atoms with Gasteiger partial charge in [0.25, 0.3) is 0 Å². The summed E-state index contributed by atoms with van der Waals surface area (Å²) in [5.74, 6) is -0.982. The molecule has 0 fully saturated rings. The van der Waals surface area contributed by atoms with Crippen molar-refractivity contribution in [3.63, 3.8) is 0 Å². The highest BCUT2D eigenvalue weighted by Crippen LogP contribution is 2.33. The minimum Gasteiger partial charge on any atom is -0.355 e. The van der Waals surface area contributed by atoms with Crippen molar-refractivity contribution in [3.05, 3.63) is 63.1 Å². The third-order valence-electron chi connectivity index (χ3n) is 4.70. The first-order chi connectivity index (χ1) is 15.0. The number of carbonyl (C=O) groups is 2. The Hall–Kier alpha value is -2.00. The molecule has 0 aliphatic heterocycles. The number of carbonyl (C=O) groups excluding carboxylic acids is 2. The molecule has 0 aromatic heterocycles. The molecule has 0 spiro atoms. The Kier molecular flexibility index (Phi) is 9.21. The predicted molar refractivity (Wildman–Crippen MR) is 129 cm³/mol. The molecular formula is C21H24Cl3N3O4S. The molecule has 2 rings (SSSR count). The van der Waals surface area contributed by atoms with Crippen LogP contribution in [0.25, 0.3) is 0 Å². The van der Waals surface area contributed by atoms with E-state index >= 15 is 0 Å². The van der Waals surface area contributed by atoms with Crippen molar-refractivity contribution in [3.8, 4) is 0 Å². The Morgan fingerprint density at radius 1 is 1.03 bits per heavy atom. The van der Waals surface area contributed by atoms with Crippen LogP contribution < -0.4 is 9.62 Å². The first-order valence-electron chi connectivity index (χ1n) is 9.69. The minimum absolute atomic E-state index is 0.00169. The van der Waals surface area contributed by atoms with Gasteiger partial charge in [-0.3, -0.25) is 13.9 Å². The van der Waals surface area contributed by atoms with Gasteiger partial charge < -0.3 is 10.2 Å². The van der Waals surface area contributed by atoms with Gasteiger partial charge in [-0.2, -0.15) is 0 Å². The molecule has 0 aliphatic rings. The highest BCUT2D eigenvalue weighted by Gasteiger charge is 2.31. The fourth-order valence-corrected chi connectivity index (χ4v) is 4.49. The maximum atomic E-state index is 13.4. The third-order valence-corrected chi connectivity index (χ3v) is 7.00. The van der Waals surface area contributed by atoms with Crippen molar-refractivity contribution in [1.82, 2.24) is 10.2 Å². The van der Waals surface area contributed by atoms with E-state index < -0.39 is 28.5 Å². The summed E-state index contributed by atoms with van der Waals surface area (Å²) in [6.45, 7) is 3.14. The number of nitrogens with one attached hydrogen (secondary N) is 1. The van der Waals surface area contributed by atoms with Crippen LogP contribution >= 0.6 is 34.8 Å². The zero-order valence-electron chi connectivity index (χ0n) is 17.8. The van der Waals surface area contributed by atoms with Gasteiger partial charge in [-0.1, -0.05) is 59.1 Å². The number of likely N-dealkylation sites (N-methyl/N-ethyl adjacent to an activating group) is 1. The second-order valence-corrected chi connectivity index (χ2v) is 10.1.